The summed E-state index contributed by atoms with van der Waals surface area (Å²) < 4.78 is 5.80. The minimum atomic E-state index is -0.393. The van der Waals surface area contributed by atoms with Crippen LogP contribution in [0.1, 0.15) is 16.1 Å². The fourth-order valence-electron chi connectivity index (χ4n) is 2.72. The van der Waals surface area contributed by atoms with E-state index >= 15 is 0 Å². The number of ether oxygens (including phenoxy) is 1. The van der Waals surface area contributed by atoms with Gasteiger partial charge in [0.05, 0.1) is 11.9 Å². The topological polar surface area (TPSA) is 79.4 Å². The van der Waals surface area contributed by atoms with Crippen molar-refractivity contribution in [3.63, 3.8) is 0 Å². The molecule has 0 unspecified atom stereocenters. The lowest BCUT2D eigenvalue weighted by Gasteiger charge is -2.05. The molecule has 4 rings (SSSR count). The molecule has 2 N–H and O–H groups in total. The summed E-state index contributed by atoms with van der Waals surface area (Å²) >= 11 is 5.90. The van der Waals surface area contributed by atoms with Crippen LogP contribution in [-0.2, 0) is 0 Å². The van der Waals surface area contributed by atoms with Gasteiger partial charge in [0.2, 0.25) is 0 Å². The van der Waals surface area contributed by atoms with Crippen LogP contribution in [0.4, 0.5) is 0 Å². The predicted molar refractivity (Wildman–Crippen MR) is 117 cm³/mol. The number of hydrogen-bond donors (Lipinski definition) is 2. The van der Waals surface area contributed by atoms with E-state index in [4.69, 9.17) is 16.3 Å². The maximum absolute atomic E-state index is 12.3. The third kappa shape index (κ3) is 4.92. The van der Waals surface area contributed by atoms with E-state index in [1.165, 1.54) is 0 Å². The first-order valence-corrected chi connectivity index (χ1v) is 9.53. The standard InChI is InChI=1S/C23H17ClN4O2/c24-18-11-9-17(10-12-18)21-14-22(27-26-21)23(29)28-25-15-16-5-4-8-20(13-16)30-19-6-2-1-3-7-19/h1-15H,(H,26,27)(H,28,29)/b25-15+. The van der Waals surface area contributed by atoms with E-state index in [9.17, 15) is 4.79 Å². The molecular weight excluding hydrogens is 400 g/mol. The van der Waals surface area contributed by atoms with Crippen LogP contribution >= 0.6 is 11.6 Å². The van der Waals surface area contributed by atoms with Crippen LogP contribution in [-0.4, -0.2) is 22.3 Å². The molecule has 0 radical (unpaired) electrons. The van der Waals surface area contributed by atoms with E-state index in [1.54, 1.807) is 24.4 Å². The van der Waals surface area contributed by atoms with Crippen LogP contribution in [0.2, 0.25) is 5.02 Å². The molecular formula is C23H17ClN4O2. The maximum atomic E-state index is 12.3. The molecule has 0 aliphatic carbocycles. The van der Waals surface area contributed by atoms with Crippen molar-refractivity contribution in [2.24, 2.45) is 5.10 Å². The number of H-pyrrole nitrogens is 1. The molecule has 0 aliphatic rings. The number of halogens is 1. The number of aromatic nitrogens is 2. The van der Waals surface area contributed by atoms with Crippen LogP contribution in [0, 0.1) is 0 Å². The van der Waals surface area contributed by atoms with E-state index in [-0.39, 0.29) is 0 Å². The van der Waals surface area contributed by atoms with Gasteiger partial charge in [-0.25, -0.2) is 5.43 Å². The zero-order valence-corrected chi connectivity index (χ0v) is 16.5. The van der Waals surface area contributed by atoms with Crippen molar-refractivity contribution >= 4 is 23.7 Å². The number of nitrogens with one attached hydrogen (secondary N) is 2. The van der Waals surface area contributed by atoms with E-state index in [1.807, 2.05) is 66.7 Å². The van der Waals surface area contributed by atoms with Crippen LogP contribution in [0.3, 0.4) is 0 Å². The Morgan fingerprint density at radius 3 is 2.53 bits per heavy atom. The fraction of sp³-hybridized carbons (Fsp3) is 0. The highest BCUT2D eigenvalue weighted by Crippen LogP contribution is 2.22. The monoisotopic (exact) mass is 416 g/mol. The number of aromatic amines is 1. The number of hydrogen-bond acceptors (Lipinski definition) is 4. The molecule has 6 nitrogen and oxygen atoms in total. The van der Waals surface area contributed by atoms with Gasteiger partial charge in [0, 0.05) is 10.6 Å². The summed E-state index contributed by atoms with van der Waals surface area (Å²) in [5, 5.41) is 11.5. The molecule has 7 heteroatoms. The van der Waals surface area contributed by atoms with Gasteiger partial charge < -0.3 is 4.74 Å². The number of amides is 1. The maximum Gasteiger partial charge on any atom is 0.289 e. The second kappa shape index (κ2) is 9.07. The molecule has 0 atom stereocenters. The lowest BCUT2D eigenvalue weighted by Crippen LogP contribution is -2.18. The van der Waals surface area contributed by atoms with Crippen molar-refractivity contribution < 1.29 is 9.53 Å². The SMILES string of the molecule is O=C(N/N=C/c1cccc(Oc2ccccc2)c1)c1cc(-c2ccc(Cl)cc2)n[nH]1. The van der Waals surface area contributed by atoms with Gasteiger partial charge in [-0.1, -0.05) is 54.1 Å². The number of benzene rings is 3. The molecule has 3 aromatic carbocycles. The Balaban J connectivity index is 1.38. The zero-order chi connectivity index (χ0) is 20.8. The van der Waals surface area contributed by atoms with Crippen LogP contribution in [0.15, 0.2) is 90.0 Å². The van der Waals surface area contributed by atoms with Crippen molar-refractivity contribution in [1.82, 2.24) is 15.6 Å². The molecule has 1 aromatic heterocycles. The predicted octanol–water partition coefficient (Wildman–Crippen LogP) is 5.29. The highest BCUT2D eigenvalue weighted by atomic mass is 35.5. The summed E-state index contributed by atoms with van der Waals surface area (Å²) in [6, 6.07) is 25.8. The average molecular weight is 417 g/mol. The molecule has 0 spiro atoms. The highest BCUT2D eigenvalue weighted by Gasteiger charge is 2.10. The van der Waals surface area contributed by atoms with Crippen LogP contribution in [0.5, 0.6) is 11.5 Å². The Hall–Kier alpha value is -3.90. The van der Waals surface area contributed by atoms with E-state index in [0.717, 1.165) is 16.9 Å². The average Bonchev–Trinajstić information content (AvgIpc) is 3.26. The third-order valence-corrected chi connectivity index (χ3v) is 4.43. The molecule has 0 saturated heterocycles. The van der Waals surface area contributed by atoms with Gasteiger partial charge >= 0.3 is 0 Å². The summed E-state index contributed by atoms with van der Waals surface area (Å²) in [6.45, 7) is 0. The first-order valence-electron chi connectivity index (χ1n) is 9.15. The molecule has 1 heterocycles. The van der Waals surface area contributed by atoms with Crippen molar-refractivity contribution in [2.45, 2.75) is 0 Å². The van der Waals surface area contributed by atoms with Crippen LogP contribution < -0.4 is 10.2 Å². The first-order chi connectivity index (χ1) is 14.7. The van der Waals surface area contributed by atoms with Crippen LogP contribution in [0.25, 0.3) is 11.3 Å². The Morgan fingerprint density at radius 1 is 0.967 bits per heavy atom. The molecule has 0 saturated carbocycles. The Morgan fingerprint density at radius 2 is 1.73 bits per heavy atom. The summed E-state index contributed by atoms with van der Waals surface area (Å²) in [4.78, 5) is 12.3. The normalized spacial score (nSPS) is 10.8. The molecule has 1 amide bonds. The van der Waals surface area contributed by atoms with Gasteiger partial charge in [-0.05, 0) is 48.0 Å². The second-order valence-electron chi connectivity index (χ2n) is 6.36. The van der Waals surface area contributed by atoms with Crippen molar-refractivity contribution in [1.29, 1.82) is 0 Å². The summed E-state index contributed by atoms with van der Waals surface area (Å²) in [6.07, 6.45) is 1.55. The van der Waals surface area contributed by atoms with Gasteiger partial charge in [-0.2, -0.15) is 10.2 Å². The lowest BCUT2D eigenvalue weighted by molar-refractivity contribution is 0.0950. The quantitative estimate of drug-likeness (QED) is 0.331. The van der Waals surface area contributed by atoms with Crippen molar-refractivity contribution in [3.05, 3.63) is 101 Å². The lowest BCUT2D eigenvalue weighted by atomic mass is 10.1. The minimum Gasteiger partial charge on any atom is -0.457 e. The minimum absolute atomic E-state index is 0.304. The molecule has 0 bridgehead atoms. The first kappa shape index (κ1) is 19.4. The van der Waals surface area contributed by atoms with E-state index in [2.05, 4.69) is 20.7 Å². The summed E-state index contributed by atoms with van der Waals surface area (Å²) in [5.41, 5.74) is 5.08. The Bertz CT molecular complexity index is 1170. The zero-order valence-electron chi connectivity index (χ0n) is 15.7. The van der Waals surface area contributed by atoms with Gasteiger partial charge in [-0.15, -0.1) is 0 Å². The van der Waals surface area contributed by atoms with E-state index < -0.39 is 5.91 Å². The largest absolute Gasteiger partial charge is 0.457 e. The number of hydrazone groups is 1. The number of para-hydroxylation sites is 1. The molecule has 30 heavy (non-hydrogen) atoms. The molecule has 148 valence electrons. The number of rotatable bonds is 6. The molecule has 4 aromatic rings. The summed E-state index contributed by atoms with van der Waals surface area (Å²) in [5.74, 6) is 1.03. The second-order valence-corrected chi connectivity index (χ2v) is 6.80. The van der Waals surface area contributed by atoms with E-state index in [0.29, 0.717) is 22.2 Å². The van der Waals surface area contributed by atoms with Gasteiger partial charge in [0.25, 0.3) is 5.91 Å². The van der Waals surface area contributed by atoms with Gasteiger partial charge in [0.15, 0.2) is 0 Å². The molecule has 0 aliphatic heterocycles. The Kier molecular flexibility index (Phi) is 5.87. The van der Waals surface area contributed by atoms with Crippen molar-refractivity contribution in [2.75, 3.05) is 0 Å². The number of carbonyl (C=O) groups is 1. The third-order valence-electron chi connectivity index (χ3n) is 4.18. The number of nitrogens with zero attached hydrogens (tertiary/aromatic N) is 2. The van der Waals surface area contributed by atoms with Gasteiger partial charge in [-0.3, -0.25) is 9.89 Å². The van der Waals surface area contributed by atoms with Crippen molar-refractivity contribution in [3.8, 4) is 22.8 Å². The molecule has 0 fully saturated rings. The number of carbonyl (C=O) groups excluding carboxylic acids is 1. The summed E-state index contributed by atoms with van der Waals surface area (Å²) in [7, 11) is 0. The van der Waals surface area contributed by atoms with Gasteiger partial charge in [0.1, 0.15) is 17.2 Å². The fourth-order valence-corrected chi connectivity index (χ4v) is 2.84. The highest BCUT2D eigenvalue weighted by molar-refractivity contribution is 6.30. The smallest absolute Gasteiger partial charge is 0.289 e. The Labute approximate surface area is 178 Å².